The molecule has 7 nitrogen and oxygen atoms in total. The second kappa shape index (κ2) is 8.86. The summed E-state index contributed by atoms with van der Waals surface area (Å²) in [6, 6.07) is 4.06. The molecule has 0 unspecified atom stereocenters. The number of hydrogen-bond donors (Lipinski definition) is 1. The van der Waals surface area contributed by atoms with Crippen molar-refractivity contribution in [2.24, 2.45) is 4.99 Å². The molecule has 0 aromatic heterocycles. The molecule has 1 aromatic rings. The van der Waals surface area contributed by atoms with E-state index in [1.807, 2.05) is 6.07 Å². The van der Waals surface area contributed by atoms with Crippen LogP contribution in [0.5, 0.6) is 11.5 Å². The van der Waals surface area contributed by atoms with Crippen LogP contribution in [0.3, 0.4) is 0 Å². The molecule has 22 heavy (non-hydrogen) atoms. The topological polar surface area (TPSA) is 94.2 Å². The van der Waals surface area contributed by atoms with Gasteiger partial charge in [-0.15, -0.1) is 10.1 Å². The third-order valence-corrected chi connectivity index (χ3v) is 3.29. The molecular formula is C15H22N2O5. The molecule has 1 N–H and O–H groups in total. The first kappa shape index (κ1) is 17.7. The number of unbranched alkanes of at least 4 members (excludes halogenated alkanes) is 1. The van der Waals surface area contributed by atoms with E-state index in [2.05, 4.69) is 24.9 Å². The predicted octanol–water partition coefficient (Wildman–Crippen LogP) is 2.89. The zero-order valence-electron chi connectivity index (χ0n) is 13.2. The van der Waals surface area contributed by atoms with Crippen LogP contribution in [0.2, 0.25) is 0 Å². The SMILES string of the molecule is CCCCOc1c(OC)ccc2c1CCN=C2C.O=[N+]([O-])O. The van der Waals surface area contributed by atoms with Crippen LogP contribution >= 0.6 is 0 Å². The minimum Gasteiger partial charge on any atom is -0.493 e. The standard InChI is InChI=1S/C15H21NO2.HNO3/c1-4-5-10-18-15-13-8-9-16-11(2)12(13)6-7-14(15)17-3;2-1(3)4/h6-7H,4-5,8-10H2,1-3H3;(H,2,3,4). The van der Waals surface area contributed by atoms with Crippen molar-refractivity contribution in [2.45, 2.75) is 33.1 Å². The van der Waals surface area contributed by atoms with Crippen molar-refractivity contribution in [3.8, 4) is 11.5 Å². The van der Waals surface area contributed by atoms with Gasteiger partial charge in [-0.05, 0) is 31.9 Å². The van der Waals surface area contributed by atoms with Gasteiger partial charge in [0.2, 0.25) is 0 Å². The average molecular weight is 310 g/mol. The van der Waals surface area contributed by atoms with Crippen LogP contribution in [0.4, 0.5) is 0 Å². The van der Waals surface area contributed by atoms with Crippen molar-refractivity contribution in [3.63, 3.8) is 0 Å². The summed E-state index contributed by atoms with van der Waals surface area (Å²) in [4.78, 5) is 12.8. The molecule has 2 rings (SSSR count). The molecule has 0 saturated heterocycles. The molecule has 7 heteroatoms. The lowest BCUT2D eigenvalue weighted by molar-refractivity contribution is -0.742. The number of methoxy groups -OCH3 is 1. The van der Waals surface area contributed by atoms with Crippen molar-refractivity contribution < 1.29 is 19.8 Å². The molecule has 0 amide bonds. The van der Waals surface area contributed by atoms with Crippen molar-refractivity contribution in [2.75, 3.05) is 20.3 Å². The highest BCUT2D eigenvalue weighted by Gasteiger charge is 2.19. The molecule has 0 fully saturated rings. The maximum Gasteiger partial charge on any atom is 0.291 e. The van der Waals surface area contributed by atoms with Crippen molar-refractivity contribution in [3.05, 3.63) is 33.4 Å². The highest BCUT2D eigenvalue weighted by atomic mass is 16.9. The van der Waals surface area contributed by atoms with E-state index in [1.165, 1.54) is 11.1 Å². The summed E-state index contributed by atoms with van der Waals surface area (Å²) < 4.78 is 11.3. The van der Waals surface area contributed by atoms with Gasteiger partial charge in [0.05, 0.1) is 13.7 Å². The quantitative estimate of drug-likeness (QED) is 0.512. The molecule has 122 valence electrons. The lowest BCUT2D eigenvalue weighted by Gasteiger charge is -2.20. The van der Waals surface area contributed by atoms with Gasteiger partial charge in [-0.3, -0.25) is 4.99 Å². The Bertz CT molecular complexity index is 539. The largest absolute Gasteiger partial charge is 0.493 e. The maximum atomic E-state index is 8.36. The molecule has 0 bridgehead atoms. The Balaban J connectivity index is 0.000000541. The molecule has 0 saturated carbocycles. The van der Waals surface area contributed by atoms with Gasteiger partial charge in [-0.25, -0.2) is 0 Å². The number of benzene rings is 1. The van der Waals surface area contributed by atoms with Crippen LogP contribution in [-0.2, 0) is 6.42 Å². The number of rotatable bonds is 5. The average Bonchev–Trinajstić information content (AvgIpc) is 2.47. The summed E-state index contributed by atoms with van der Waals surface area (Å²) in [6.45, 7) is 5.81. The van der Waals surface area contributed by atoms with E-state index in [9.17, 15) is 0 Å². The molecule has 0 radical (unpaired) electrons. The number of aliphatic imine (C=N–C) groups is 1. The third-order valence-electron chi connectivity index (χ3n) is 3.29. The Morgan fingerprint density at radius 1 is 1.45 bits per heavy atom. The highest BCUT2D eigenvalue weighted by molar-refractivity contribution is 6.01. The fourth-order valence-corrected chi connectivity index (χ4v) is 2.25. The van der Waals surface area contributed by atoms with Gasteiger partial charge in [0, 0.05) is 23.4 Å². The number of hydrogen-bond acceptors (Lipinski definition) is 5. The first-order valence-corrected chi connectivity index (χ1v) is 7.18. The van der Waals surface area contributed by atoms with Crippen LogP contribution in [0.15, 0.2) is 17.1 Å². The Hall–Kier alpha value is -2.31. The minimum atomic E-state index is -1.50. The second-order valence-electron chi connectivity index (χ2n) is 4.78. The fraction of sp³-hybridized carbons (Fsp3) is 0.533. The highest BCUT2D eigenvalue weighted by Crippen LogP contribution is 2.36. The zero-order chi connectivity index (χ0) is 16.5. The van der Waals surface area contributed by atoms with E-state index in [0.29, 0.717) is 0 Å². The third kappa shape index (κ3) is 4.91. The Kier molecular flexibility index (Phi) is 7.15. The van der Waals surface area contributed by atoms with E-state index in [1.54, 1.807) is 7.11 Å². The van der Waals surface area contributed by atoms with Crippen LogP contribution in [0.25, 0.3) is 0 Å². The number of ether oxygens (including phenoxy) is 2. The number of fused-ring (bicyclic) bond motifs is 1. The van der Waals surface area contributed by atoms with Crippen molar-refractivity contribution >= 4 is 5.71 Å². The van der Waals surface area contributed by atoms with E-state index in [0.717, 1.165) is 49.6 Å². The summed E-state index contributed by atoms with van der Waals surface area (Å²) in [5.41, 5.74) is 3.55. The van der Waals surface area contributed by atoms with Crippen molar-refractivity contribution in [1.82, 2.24) is 0 Å². The van der Waals surface area contributed by atoms with Crippen LogP contribution in [-0.4, -0.2) is 36.3 Å². The normalized spacial score (nSPS) is 12.4. The van der Waals surface area contributed by atoms with Gasteiger partial charge in [0.25, 0.3) is 5.09 Å². The summed E-state index contributed by atoms with van der Waals surface area (Å²) in [5, 5.41) is 13.6. The summed E-state index contributed by atoms with van der Waals surface area (Å²) in [6.07, 6.45) is 3.14. The van der Waals surface area contributed by atoms with Gasteiger partial charge in [-0.1, -0.05) is 13.3 Å². The molecule has 1 aliphatic rings. The van der Waals surface area contributed by atoms with E-state index in [-0.39, 0.29) is 0 Å². The Morgan fingerprint density at radius 3 is 2.73 bits per heavy atom. The van der Waals surface area contributed by atoms with Gasteiger partial charge in [-0.2, -0.15) is 0 Å². The molecule has 0 atom stereocenters. The predicted molar refractivity (Wildman–Crippen MR) is 83.0 cm³/mol. The number of nitrogens with zero attached hydrogens (tertiary/aromatic N) is 2. The van der Waals surface area contributed by atoms with Crippen molar-refractivity contribution in [1.29, 1.82) is 0 Å². The Labute approximate surface area is 129 Å². The fourth-order valence-electron chi connectivity index (χ4n) is 2.25. The smallest absolute Gasteiger partial charge is 0.291 e. The lowest BCUT2D eigenvalue weighted by Crippen LogP contribution is -2.13. The van der Waals surface area contributed by atoms with Gasteiger partial charge >= 0.3 is 0 Å². The lowest BCUT2D eigenvalue weighted by atomic mass is 9.97. The van der Waals surface area contributed by atoms with Crippen LogP contribution in [0.1, 0.15) is 37.8 Å². The van der Waals surface area contributed by atoms with Gasteiger partial charge in [0.15, 0.2) is 11.5 Å². The molecule has 0 spiro atoms. The first-order valence-electron chi connectivity index (χ1n) is 7.18. The molecule has 0 aliphatic carbocycles. The summed E-state index contributed by atoms with van der Waals surface area (Å²) in [5.74, 6) is 1.75. The molecular weight excluding hydrogens is 288 g/mol. The maximum absolute atomic E-state index is 8.36. The second-order valence-corrected chi connectivity index (χ2v) is 4.78. The Morgan fingerprint density at radius 2 is 2.14 bits per heavy atom. The molecule has 1 aliphatic heterocycles. The summed E-state index contributed by atoms with van der Waals surface area (Å²) in [7, 11) is 1.69. The van der Waals surface area contributed by atoms with E-state index >= 15 is 0 Å². The summed E-state index contributed by atoms with van der Waals surface area (Å²) >= 11 is 0. The van der Waals surface area contributed by atoms with E-state index in [4.69, 9.17) is 24.8 Å². The zero-order valence-corrected chi connectivity index (χ0v) is 13.2. The minimum absolute atomic E-state index is 0.750. The van der Waals surface area contributed by atoms with Gasteiger partial charge in [0.1, 0.15) is 0 Å². The van der Waals surface area contributed by atoms with Gasteiger partial charge < -0.3 is 14.7 Å². The first-order chi connectivity index (χ1) is 10.5. The van der Waals surface area contributed by atoms with Crippen LogP contribution < -0.4 is 9.47 Å². The van der Waals surface area contributed by atoms with E-state index < -0.39 is 5.09 Å². The molecule has 1 aromatic carbocycles. The van der Waals surface area contributed by atoms with Crippen LogP contribution in [0, 0.1) is 10.1 Å². The molecule has 1 heterocycles. The monoisotopic (exact) mass is 310 g/mol.